The van der Waals surface area contributed by atoms with Crippen LogP contribution in [0.15, 0.2) is 24.3 Å². The van der Waals surface area contributed by atoms with Gasteiger partial charge in [0.2, 0.25) is 5.91 Å². The maximum absolute atomic E-state index is 11.6. The van der Waals surface area contributed by atoms with Crippen molar-refractivity contribution in [3.63, 3.8) is 0 Å². The van der Waals surface area contributed by atoms with Crippen LogP contribution in [0.3, 0.4) is 0 Å². The fourth-order valence-corrected chi connectivity index (χ4v) is 1.55. The number of carboxylic acids is 1. The van der Waals surface area contributed by atoms with E-state index in [0.29, 0.717) is 5.02 Å². The summed E-state index contributed by atoms with van der Waals surface area (Å²) in [6, 6.07) is 5.65. The Kier molecular flexibility index (Phi) is 5.61. The first-order valence-corrected chi connectivity index (χ1v) is 5.78. The first-order valence-electron chi connectivity index (χ1n) is 5.40. The van der Waals surface area contributed by atoms with Gasteiger partial charge in [0, 0.05) is 18.1 Å². The minimum absolute atomic E-state index is 0.0122. The highest BCUT2D eigenvalue weighted by Gasteiger charge is 2.18. The Morgan fingerprint density at radius 1 is 1.28 bits per heavy atom. The van der Waals surface area contributed by atoms with Gasteiger partial charge in [0.1, 0.15) is 6.04 Å². The lowest BCUT2D eigenvalue weighted by Gasteiger charge is -2.13. The van der Waals surface area contributed by atoms with Gasteiger partial charge in [-0.25, -0.2) is 4.79 Å². The molecule has 98 valence electrons. The molecule has 0 spiro atoms. The number of carbonyl (C=O) groups is 2. The number of nitrogens with one attached hydrogen (secondary N) is 1. The quantitative estimate of drug-likeness (QED) is 0.715. The van der Waals surface area contributed by atoms with E-state index >= 15 is 0 Å². The Morgan fingerprint density at radius 3 is 2.39 bits per heavy atom. The van der Waals surface area contributed by atoms with E-state index in [2.05, 4.69) is 5.32 Å². The van der Waals surface area contributed by atoms with Gasteiger partial charge in [-0.3, -0.25) is 4.79 Å². The summed E-state index contributed by atoms with van der Waals surface area (Å²) >= 11 is 5.71. The monoisotopic (exact) mass is 271 g/mol. The van der Waals surface area contributed by atoms with E-state index in [0.717, 1.165) is 5.56 Å². The average Bonchev–Trinajstić information content (AvgIpc) is 2.31. The van der Waals surface area contributed by atoms with Gasteiger partial charge >= 0.3 is 5.97 Å². The second kappa shape index (κ2) is 6.98. The maximum Gasteiger partial charge on any atom is 0.326 e. The van der Waals surface area contributed by atoms with Gasteiger partial charge < -0.3 is 15.5 Å². The van der Waals surface area contributed by atoms with Gasteiger partial charge in [-0.2, -0.15) is 0 Å². The van der Waals surface area contributed by atoms with Crippen molar-refractivity contribution >= 4 is 23.5 Å². The third kappa shape index (κ3) is 4.73. The molecule has 1 amide bonds. The van der Waals surface area contributed by atoms with Gasteiger partial charge in [-0.1, -0.05) is 23.7 Å². The molecule has 0 saturated heterocycles. The summed E-state index contributed by atoms with van der Waals surface area (Å²) in [4.78, 5) is 22.4. The number of hydrogen-bond acceptors (Lipinski definition) is 3. The van der Waals surface area contributed by atoms with Crippen LogP contribution in [0.1, 0.15) is 12.0 Å². The summed E-state index contributed by atoms with van der Waals surface area (Å²) in [6.07, 6.45) is 0.0636. The van der Waals surface area contributed by atoms with Gasteiger partial charge in [0.05, 0.1) is 6.42 Å². The molecule has 0 bridgehead atoms. The molecular weight excluding hydrogens is 258 g/mol. The minimum atomic E-state index is -1.16. The number of aliphatic hydroxyl groups excluding tert-OH is 1. The van der Waals surface area contributed by atoms with E-state index in [-0.39, 0.29) is 19.4 Å². The molecular formula is C12H14ClNO4. The van der Waals surface area contributed by atoms with Gasteiger partial charge in [-0.05, 0) is 17.7 Å². The minimum Gasteiger partial charge on any atom is -0.480 e. The van der Waals surface area contributed by atoms with E-state index in [9.17, 15) is 9.59 Å². The summed E-state index contributed by atoms with van der Waals surface area (Å²) in [6.45, 7) is -0.293. The lowest BCUT2D eigenvalue weighted by Crippen LogP contribution is -2.42. The Hall–Kier alpha value is -1.59. The van der Waals surface area contributed by atoms with Crippen molar-refractivity contribution in [2.75, 3.05) is 6.61 Å². The molecule has 1 aromatic rings. The molecule has 18 heavy (non-hydrogen) atoms. The average molecular weight is 272 g/mol. The van der Waals surface area contributed by atoms with E-state index in [1.54, 1.807) is 24.3 Å². The molecule has 0 saturated carbocycles. The van der Waals surface area contributed by atoms with Gasteiger partial charge in [0.15, 0.2) is 0 Å². The predicted molar refractivity (Wildman–Crippen MR) is 66.4 cm³/mol. The van der Waals surface area contributed by atoms with Crippen molar-refractivity contribution in [2.45, 2.75) is 18.9 Å². The van der Waals surface area contributed by atoms with Crippen molar-refractivity contribution in [3.05, 3.63) is 34.9 Å². The maximum atomic E-state index is 11.6. The number of rotatable bonds is 6. The van der Waals surface area contributed by atoms with Crippen LogP contribution in [-0.4, -0.2) is 34.7 Å². The molecule has 5 nitrogen and oxygen atoms in total. The molecule has 3 N–H and O–H groups in total. The smallest absolute Gasteiger partial charge is 0.326 e. The number of aliphatic carboxylic acids is 1. The number of benzene rings is 1. The zero-order chi connectivity index (χ0) is 13.5. The van der Waals surface area contributed by atoms with Crippen molar-refractivity contribution < 1.29 is 19.8 Å². The third-order valence-electron chi connectivity index (χ3n) is 2.33. The lowest BCUT2D eigenvalue weighted by molar-refractivity contribution is -0.142. The molecule has 0 aromatic heterocycles. The summed E-state index contributed by atoms with van der Waals surface area (Å²) in [5.41, 5.74) is 0.741. The Morgan fingerprint density at radius 2 is 1.89 bits per heavy atom. The summed E-state index contributed by atoms with van der Waals surface area (Å²) in [5, 5.41) is 20.4. The highest BCUT2D eigenvalue weighted by atomic mass is 35.5. The number of amides is 1. The highest BCUT2D eigenvalue weighted by Crippen LogP contribution is 2.10. The van der Waals surface area contributed by atoms with Crippen LogP contribution in [-0.2, 0) is 16.0 Å². The number of aliphatic hydroxyl groups is 1. The number of carboxylic acid groups (broad SMARTS) is 1. The largest absolute Gasteiger partial charge is 0.480 e. The van der Waals surface area contributed by atoms with E-state index < -0.39 is 17.9 Å². The second-order valence-corrected chi connectivity index (χ2v) is 4.21. The zero-order valence-corrected chi connectivity index (χ0v) is 10.4. The molecule has 1 aromatic carbocycles. The van der Waals surface area contributed by atoms with Crippen LogP contribution < -0.4 is 5.32 Å². The van der Waals surface area contributed by atoms with Crippen LogP contribution in [0.5, 0.6) is 0 Å². The molecule has 0 aliphatic carbocycles. The van der Waals surface area contributed by atoms with Gasteiger partial charge in [-0.15, -0.1) is 0 Å². The normalized spacial score (nSPS) is 11.9. The molecule has 0 radical (unpaired) electrons. The van der Waals surface area contributed by atoms with Crippen LogP contribution in [0.4, 0.5) is 0 Å². The van der Waals surface area contributed by atoms with Crippen LogP contribution in [0.2, 0.25) is 5.02 Å². The van der Waals surface area contributed by atoms with Crippen molar-refractivity contribution in [2.24, 2.45) is 0 Å². The molecule has 0 heterocycles. The molecule has 0 fully saturated rings. The molecule has 1 atom stereocenters. The Labute approximate surface area is 109 Å². The van der Waals surface area contributed by atoms with Crippen LogP contribution in [0.25, 0.3) is 0 Å². The SMILES string of the molecule is O=C(Cc1ccc(Cl)cc1)NC(CCO)C(=O)O. The zero-order valence-electron chi connectivity index (χ0n) is 9.60. The van der Waals surface area contributed by atoms with E-state index in [4.69, 9.17) is 21.8 Å². The Balaban J connectivity index is 2.54. The predicted octanol–water partition coefficient (Wildman–Crippen LogP) is 0.834. The standard InChI is InChI=1S/C12H14ClNO4/c13-9-3-1-8(2-4-9)7-11(16)14-10(5-6-15)12(17)18/h1-4,10,15H,5-7H2,(H,14,16)(H,17,18). The number of hydrogen-bond donors (Lipinski definition) is 3. The third-order valence-corrected chi connectivity index (χ3v) is 2.58. The van der Waals surface area contributed by atoms with Crippen molar-refractivity contribution in [1.82, 2.24) is 5.32 Å². The second-order valence-electron chi connectivity index (χ2n) is 3.77. The fraction of sp³-hybridized carbons (Fsp3) is 0.333. The van der Waals surface area contributed by atoms with Crippen LogP contribution >= 0.6 is 11.6 Å². The van der Waals surface area contributed by atoms with Crippen molar-refractivity contribution in [1.29, 1.82) is 0 Å². The summed E-state index contributed by atoms with van der Waals surface area (Å²) in [7, 11) is 0. The van der Waals surface area contributed by atoms with Gasteiger partial charge in [0.25, 0.3) is 0 Å². The van der Waals surface area contributed by atoms with Crippen LogP contribution in [0, 0.1) is 0 Å². The molecule has 1 unspecified atom stereocenters. The molecule has 1 rings (SSSR count). The van der Waals surface area contributed by atoms with Crippen molar-refractivity contribution in [3.8, 4) is 0 Å². The van der Waals surface area contributed by atoms with E-state index in [1.165, 1.54) is 0 Å². The first kappa shape index (κ1) is 14.5. The molecule has 0 aliphatic rings. The summed E-state index contributed by atoms with van der Waals surface area (Å²) < 4.78 is 0. The topological polar surface area (TPSA) is 86.6 Å². The summed E-state index contributed by atoms with van der Waals surface area (Å²) in [5.74, 6) is -1.56. The Bertz CT molecular complexity index is 419. The van der Waals surface area contributed by atoms with E-state index in [1.807, 2.05) is 0 Å². The lowest BCUT2D eigenvalue weighted by atomic mass is 10.1. The number of carbonyl (C=O) groups excluding carboxylic acids is 1. The fourth-order valence-electron chi connectivity index (χ4n) is 1.42. The number of halogens is 1. The highest BCUT2D eigenvalue weighted by molar-refractivity contribution is 6.30. The molecule has 0 aliphatic heterocycles. The first-order chi connectivity index (χ1) is 8.52. The molecule has 6 heteroatoms.